The van der Waals surface area contributed by atoms with Crippen molar-refractivity contribution in [3.05, 3.63) is 16.1 Å². The lowest BCUT2D eigenvalue weighted by Crippen LogP contribution is -2.30. The van der Waals surface area contributed by atoms with Gasteiger partial charge in [0.05, 0.1) is 5.01 Å². The Morgan fingerprint density at radius 3 is 2.86 bits per heavy atom. The molecule has 0 saturated carbocycles. The van der Waals surface area contributed by atoms with Gasteiger partial charge in [-0.25, -0.2) is 4.98 Å². The van der Waals surface area contributed by atoms with E-state index in [-0.39, 0.29) is 5.41 Å². The van der Waals surface area contributed by atoms with Crippen LogP contribution in [0.15, 0.2) is 6.20 Å². The molecule has 1 fully saturated rings. The molecule has 2 heterocycles. The second-order valence-corrected chi connectivity index (χ2v) is 5.12. The molecular formula is C10H16N2OS. The van der Waals surface area contributed by atoms with E-state index in [0.717, 1.165) is 26.1 Å². The largest absolute Gasteiger partial charge is 0.381 e. The molecule has 3 nitrogen and oxygen atoms in total. The van der Waals surface area contributed by atoms with Crippen molar-refractivity contribution in [1.29, 1.82) is 0 Å². The highest BCUT2D eigenvalue weighted by molar-refractivity contribution is 7.11. The Bertz CT molecular complexity index is 305. The van der Waals surface area contributed by atoms with Crippen LogP contribution in [0.1, 0.15) is 29.7 Å². The third kappa shape index (κ3) is 1.82. The number of thiazole rings is 1. The van der Waals surface area contributed by atoms with Crippen LogP contribution in [0.2, 0.25) is 0 Å². The SMILES string of the molecule is CC1(c2ncc(CN)s2)CCOCC1. The smallest absolute Gasteiger partial charge is 0.0988 e. The molecule has 1 aromatic heterocycles. The minimum absolute atomic E-state index is 0.219. The van der Waals surface area contributed by atoms with Crippen LogP contribution in [-0.2, 0) is 16.7 Å². The summed E-state index contributed by atoms with van der Waals surface area (Å²) in [5.74, 6) is 0. The highest BCUT2D eigenvalue weighted by Gasteiger charge is 2.31. The van der Waals surface area contributed by atoms with Crippen LogP contribution in [0.4, 0.5) is 0 Å². The summed E-state index contributed by atoms with van der Waals surface area (Å²) in [6.45, 7) is 4.58. The Labute approximate surface area is 88.3 Å². The van der Waals surface area contributed by atoms with Crippen molar-refractivity contribution in [3.8, 4) is 0 Å². The molecule has 0 atom stereocenters. The van der Waals surface area contributed by atoms with Gasteiger partial charge in [0.2, 0.25) is 0 Å². The van der Waals surface area contributed by atoms with Crippen molar-refractivity contribution in [2.24, 2.45) is 5.73 Å². The third-order valence-electron chi connectivity index (χ3n) is 2.87. The van der Waals surface area contributed by atoms with Gasteiger partial charge in [-0.15, -0.1) is 11.3 Å². The molecule has 1 aliphatic heterocycles. The van der Waals surface area contributed by atoms with Gasteiger partial charge in [-0.3, -0.25) is 0 Å². The Morgan fingerprint density at radius 1 is 1.57 bits per heavy atom. The van der Waals surface area contributed by atoms with Gasteiger partial charge in [0, 0.05) is 36.2 Å². The fourth-order valence-corrected chi connectivity index (χ4v) is 2.71. The van der Waals surface area contributed by atoms with Gasteiger partial charge in [-0.1, -0.05) is 6.92 Å². The normalized spacial score (nSPS) is 21.0. The lowest BCUT2D eigenvalue weighted by atomic mass is 9.83. The topological polar surface area (TPSA) is 48.1 Å². The first kappa shape index (κ1) is 10.1. The first-order valence-corrected chi connectivity index (χ1v) is 5.79. The van der Waals surface area contributed by atoms with E-state index in [1.165, 1.54) is 9.88 Å². The second kappa shape index (κ2) is 3.96. The zero-order chi connectivity index (χ0) is 10.0. The van der Waals surface area contributed by atoms with Crippen LogP contribution in [0.5, 0.6) is 0 Å². The maximum atomic E-state index is 5.58. The minimum Gasteiger partial charge on any atom is -0.381 e. The monoisotopic (exact) mass is 212 g/mol. The molecular weight excluding hydrogens is 196 g/mol. The fraction of sp³-hybridized carbons (Fsp3) is 0.700. The van der Waals surface area contributed by atoms with Crippen LogP contribution in [0.25, 0.3) is 0 Å². The fourth-order valence-electron chi connectivity index (χ4n) is 1.72. The van der Waals surface area contributed by atoms with Crippen molar-refractivity contribution in [2.45, 2.75) is 31.7 Å². The maximum absolute atomic E-state index is 5.58. The average molecular weight is 212 g/mol. The van der Waals surface area contributed by atoms with Gasteiger partial charge in [0.1, 0.15) is 0 Å². The van der Waals surface area contributed by atoms with Gasteiger partial charge in [0.15, 0.2) is 0 Å². The Morgan fingerprint density at radius 2 is 2.29 bits per heavy atom. The van der Waals surface area contributed by atoms with E-state index in [4.69, 9.17) is 10.5 Å². The van der Waals surface area contributed by atoms with Crippen LogP contribution >= 0.6 is 11.3 Å². The molecule has 0 unspecified atom stereocenters. The summed E-state index contributed by atoms with van der Waals surface area (Å²) >= 11 is 1.75. The van der Waals surface area contributed by atoms with E-state index in [1.807, 2.05) is 6.20 Å². The van der Waals surface area contributed by atoms with E-state index in [0.29, 0.717) is 6.54 Å². The number of rotatable bonds is 2. The molecule has 0 aliphatic carbocycles. The lowest BCUT2D eigenvalue weighted by molar-refractivity contribution is 0.0563. The molecule has 0 amide bonds. The Balaban J connectivity index is 2.19. The molecule has 0 aromatic carbocycles. The van der Waals surface area contributed by atoms with Crippen LogP contribution in [0, 0.1) is 0 Å². The van der Waals surface area contributed by atoms with Gasteiger partial charge >= 0.3 is 0 Å². The molecule has 0 spiro atoms. The summed E-state index contributed by atoms with van der Waals surface area (Å²) in [7, 11) is 0. The highest BCUT2D eigenvalue weighted by atomic mass is 32.1. The van der Waals surface area contributed by atoms with Crippen LogP contribution in [0.3, 0.4) is 0 Å². The quantitative estimate of drug-likeness (QED) is 0.811. The number of nitrogens with two attached hydrogens (primary N) is 1. The average Bonchev–Trinajstić information content (AvgIpc) is 2.67. The first-order valence-electron chi connectivity index (χ1n) is 4.97. The van der Waals surface area contributed by atoms with Gasteiger partial charge in [-0.2, -0.15) is 0 Å². The molecule has 78 valence electrons. The zero-order valence-corrected chi connectivity index (χ0v) is 9.27. The molecule has 1 aromatic rings. The maximum Gasteiger partial charge on any atom is 0.0988 e. The number of hydrogen-bond donors (Lipinski definition) is 1. The summed E-state index contributed by atoms with van der Waals surface area (Å²) in [6, 6.07) is 0. The van der Waals surface area contributed by atoms with Crippen molar-refractivity contribution < 1.29 is 4.74 Å². The molecule has 0 radical (unpaired) electrons. The predicted octanol–water partition coefficient (Wildman–Crippen LogP) is 1.67. The van der Waals surface area contributed by atoms with Gasteiger partial charge < -0.3 is 10.5 Å². The lowest BCUT2D eigenvalue weighted by Gasteiger charge is -2.31. The molecule has 14 heavy (non-hydrogen) atoms. The summed E-state index contributed by atoms with van der Waals surface area (Å²) < 4.78 is 5.37. The van der Waals surface area contributed by atoms with E-state index >= 15 is 0 Å². The molecule has 2 rings (SSSR count). The Hall–Kier alpha value is -0.450. The number of ether oxygens (including phenoxy) is 1. The zero-order valence-electron chi connectivity index (χ0n) is 8.45. The van der Waals surface area contributed by atoms with Crippen LogP contribution in [-0.4, -0.2) is 18.2 Å². The van der Waals surface area contributed by atoms with Crippen LogP contribution < -0.4 is 5.73 Å². The van der Waals surface area contributed by atoms with Gasteiger partial charge in [-0.05, 0) is 12.8 Å². The number of aromatic nitrogens is 1. The molecule has 0 bridgehead atoms. The summed E-state index contributed by atoms with van der Waals surface area (Å²) in [5.41, 5.74) is 5.80. The van der Waals surface area contributed by atoms with E-state index in [9.17, 15) is 0 Å². The van der Waals surface area contributed by atoms with Crippen molar-refractivity contribution >= 4 is 11.3 Å². The summed E-state index contributed by atoms with van der Waals surface area (Å²) in [4.78, 5) is 5.64. The second-order valence-electron chi connectivity index (χ2n) is 4.01. The third-order valence-corrected chi connectivity index (χ3v) is 4.19. The van der Waals surface area contributed by atoms with Crippen molar-refractivity contribution in [1.82, 2.24) is 4.98 Å². The standard InChI is InChI=1S/C10H16N2OS/c1-10(2-4-13-5-3-10)9-12-7-8(6-11)14-9/h7H,2-6,11H2,1H3. The highest BCUT2D eigenvalue weighted by Crippen LogP contribution is 2.36. The van der Waals surface area contributed by atoms with Crippen molar-refractivity contribution in [2.75, 3.05) is 13.2 Å². The van der Waals surface area contributed by atoms with E-state index in [2.05, 4.69) is 11.9 Å². The predicted molar refractivity (Wildman–Crippen MR) is 57.4 cm³/mol. The summed E-state index contributed by atoms with van der Waals surface area (Å²) in [6.07, 6.45) is 4.05. The number of nitrogens with zero attached hydrogens (tertiary/aromatic N) is 1. The first-order chi connectivity index (χ1) is 6.74. The molecule has 4 heteroatoms. The Kier molecular flexibility index (Phi) is 2.85. The molecule has 1 saturated heterocycles. The number of hydrogen-bond acceptors (Lipinski definition) is 4. The molecule has 2 N–H and O–H groups in total. The minimum atomic E-state index is 0.219. The van der Waals surface area contributed by atoms with Gasteiger partial charge in [0.25, 0.3) is 0 Å². The van der Waals surface area contributed by atoms with E-state index in [1.54, 1.807) is 11.3 Å². The summed E-state index contributed by atoms with van der Waals surface area (Å²) in [5, 5.41) is 1.22. The van der Waals surface area contributed by atoms with E-state index < -0.39 is 0 Å². The molecule has 1 aliphatic rings. The van der Waals surface area contributed by atoms with Crippen molar-refractivity contribution in [3.63, 3.8) is 0 Å².